The summed E-state index contributed by atoms with van der Waals surface area (Å²) in [5.41, 5.74) is 0. The molecule has 94 valence electrons. The van der Waals surface area contributed by atoms with Crippen molar-refractivity contribution in [1.29, 1.82) is 0 Å². The second kappa shape index (κ2) is 5.29. The van der Waals surface area contributed by atoms with Gasteiger partial charge in [-0.15, -0.1) is 0 Å². The molecule has 1 heterocycles. The van der Waals surface area contributed by atoms with Crippen molar-refractivity contribution in [3.63, 3.8) is 0 Å². The monoisotopic (exact) mass is 306 g/mol. The summed E-state index contributed by atoms with van der Waals surface area (Å²) in [4.78, 5) is 0. The van der Waals surface area contributed by atoms with Gasteiger partial charge in [-0.1, -0.05) is 28.1 Å². The fourth-order valence-electron chi connectivity index (χ4n) is 2.22. The Morgan fingerprint density at radius 3 is 2.72 bits per heavy atom. The molecule has 1 atom stereocenters. The Bertz CT molecular complexity index is 547. The molecule has 3 rings (SSSR count). The first-order chi connectivity index (χ1) is 8.81. The lowest BCUT2D eigenvalue weighted by atomic mass is 10.1. The van der Waals surface area contributed by atoms with Crippen molar-refractivity contribution < 1.29 is 9.47 Å². The van der Waals surface area contributed by atoms with Gasteiger partial charge in [0, 0.05) is 10.9 Å². The average Bonchev–Trinajstić information content (AvgIpc) is 2.40. The molecular formula is C15H15BrO2. The molecule has 1 aliphatic rings. The largest absolute Gasteiger partial charge is 0.465 e. The predicted octanol–water partition coefficient (Wildman–Crippen LogP) is 4.51. The normalized spacial score (nSPS) is 19.9. The topological polar surface area (TPSA) is 18.5 Å². The summed E-state index contributed by atoms with van der Waals surface area (Å²) in [6.45, 7) is 0.811. The highest BCUT2D eigenvalue weighted by Gasteiger charge is 2.15. The lowest BCUT2D eigenvalue weighted by molar-refractivity contribution is -0.105. The van der Waals surface area contributed by atoms with Crippen LogP contribution in [0, 0.1) is 0 Å². The van der Waals surface area contributed by atoms with Gasteiger partial charge in [0.2, 0.25) is 0 Å². The van der Waals surface area contributed by atoms with Crippen LogP contribution in [0.4, 0.5) is 0 Å². The Hall–Kier alpha value is -1.06. The molecule has 1 saturated heterocycles. The molecule has 0 spiro atoms. The van der Waals surface area contributed by atoms with Crippen LogP contribution in [-0.4, -0.2) is 12.9 Å². The first-order valence-corrected chi connectivity index (χ1v) is 7.08. The van der Waals surface area contributed by atoms with E-state index in [0.29, 0.717) is 0 Å². The van der Waals surface area contributed by atoms with Crippen molar-refractivity contribution in [2.24, 2.45) is 0 Å². The SMILES string of the molecule is Brc1ccc2cc(O[C@H]3CCCCO3)ccc2c1. The number of hydrogen-bond acceptors (Lipinski definition) is 2. The second-order valence-electron chi connectivity index (χ2n) is 4.57. The van der Waals surface area contributed by atoms with Gasteiger partial charge in [-0.05, 0) is 47.9 Å². The molecule has 1 fully saturated rings. The Morgan fingerprint density at radius 1 is 1.06 bits per heavy atom. The zero-order valence-electron chi connectivity index (χ0n) is 10.1. The number of fused-ring (bicyclic) bond motifs is 1. The van der Waals surface area contributed by atoms with Gasteiger partial charge in [0.1, 0.15) is 5.75 Å². The van der Waals surface area contributed by atoms with Crippen molar-refractivity contribution >= 4 is 26.7 Å². The maximum Gasteiger partial charge on any atom is 0.199 e. The standard InChI is InChI=1S/C15H15BrO2/c16-13-6-4-12-10-14(7-5-11(12)9-13)18-15-3-1-2-8-17-15/h4-7,9-10,15H,1-3,8H2/t15-/m0/s1. The van der Waals surface area contributed by atoms with Crippen LogP contribution in [-0.2, 0) is 4.74 Å². The van der Waals surface area contributed by atoms with Gasteiger partial charge in [-0.3, -0.25) is 0 Å². The molecule has 0 radical (unpaired) electrons. The van der Waals surface area contributed by atoms with Gasteiger partial charge in [-0.2, -0.15) is 0 Å². The highest BCUT2D eigenvalue weighted by atomic mass is 79.9. The van der Waals surface area contributed by atoms with Crippen LogP contribution in [0.3, 0.4) is 0 Å². The summed E-state index contributed by atoms with van der Waals surface area (Å²) < 4.78 is 12.5. The highest BCUT2D eigenvalue weighted by Crippen LogP contribution is 2.26. The van der Waals surface area contributed by atoms with Gasteiger partial charge in [0.15, 0.2) is 6.29 Å². The number of benzene rings is 2. The van der Waals surface area contributed by atoms with Crippen LogP contribution in [0.15, 0.2) is 40.9 Å². The van der Waals surface area contributed by atoms with E-state index in [2.05, 4.69) is 40.2 Å². The van der Waals surface area contributed by atoms with Crippen molar-refractivity contribution in [3.8, 4) is 5.75 Å². The summed E-state index contributed by atoms with van der Waals surface area (Å²) in [6, 6.07) is 12.4. The minimum Gasteiger partial charge on any atom is -0.465 e. The summed E-state index contributed by atoms with van der Waals surface area (Å²) >= 11 is 3.48. The van der Waals surface area contributed by atoms with E-state index in [9.17, 15) is 0 Å². The first kappa shape index (κ1) is 12.0. The van der Waals surface area contributed by atoms with E-state index in [-0.39, 0.29) is 6.29 Å². The molecule has 0 unspecified atom stereocenters. The summed E-state index contributed by atoms with van der Waals surface area (Å²) in [6.07, 6.45) is 3.24. The zero-order chi connectivity index (χ0) is 12.4. The van der Waals surface area contributed by atoms with E-state index in [0.717, 1.165) is 29.7 Å². The Balaban J connectivity index is 1.82. The third-order valence-electron chi connectivity index (χ3n) is 3.18. The quantitative estimate of drug-likeness (QED) is 0.813. The van der Waals surface area contributed by atoms with E-state index in [1.807, 2.05) is 12.1 Å². The number of rotatable bonds is 2. The smallest absolute Gasteiger partial charge is 0.199 e. The van der Waals surface area contributed by atoms with Gasteiger partial charge in [0.05, 0.1) is 6.61 Å². The average molecular weight is 307 g/mol. The van der Waals surface area contributed by atoms with E-state index in [1.165, 1.54) is 17.2 Å². The molecule has 0 amide bonds. The molecule has 0 N–H and O–H groups in total. The van der Waals surface area contributed by atoms with Gasteiger partial charge < -0.3 is 9.47 Å². The molecule has 2 aromatic carbocycles. The fraction of sp³-hybridized carbons (Fsp3) is 0.333. The van der Waals surface area contributed by atoms with Gasteiger partial charge >= 0.3 is 0 Å². The molecule has 18 heavy (non-hydrogen) atoms. The number of halogens is 1. The van der Waals surface area contributed by atoms with Crippen molar-refractivity contribution in [2.45, 2.75) is 25.6 Å². The molecule has 3 heteroatoms. The van der Waals surface area contributed by atoms with Crippen LogP contribution in [0.1, 0.15) is 19.3 Å². The van der Waals surface area contributed by atoms with Crippen LogP contribution < -0.4 is 4.74 Å². The highest BCUT2D eigenvalue weighted by molar-refractivity contribution is 9.10. The molecule has 0 bridgehead atoms. The minimum atomic E-state index is -0.0772. The number of hydrogen-bond donors (Lipinski definition) is 0. The van der Waals surface area contributed by atoms with Crippen molar-refractivity contribution in [3.05, 3.63) is 40.9 Å². The third kappa shape index (κ3) is 2.68. The lowest BCUT2D eigenvalue weighted by Crippen LogP contribution is -2.24. The van der Waals surface area contributed by atoms with E-state index < -0.39 is 0 Å². The number of ether oxygens (including phenoxy) is 2. The van der Waals surface area contributed by atoms with E-state index in [1.54, 1.807) is 0 Å². The molecule has 2 aromatic rings. The minimum absolute atomic E-state index is 0.0772. The lowest BCUT2D eigenvalue weighted by Gasteiger charge is -2.23. The Labute approximate surface area is 115 Å². The summed E-state index contributed by atoms with van der Waals surface area (Å²) in [5, 5.41) is 2.40. The van der Waals surface area contributed by atoms with Crippen LogP contribution in [0.2, 0.25) is 0 Å². The summed E-state index contributed by atoms with van der Waals surface area (Å²) in [7, 11) is 0. The van der Waals surface area contributed by atoms with Crippen molar-refractivity contribution in [2.75, 3.05) is 6.61 Å². The van der Waals surface area contributed by atoms with E-state index in [4.69, 9.17) is 9.47 Å². The Morgan fingerprint density at radius 2 is 1.89 bits per heavy atom. The van der Waals surface area contributed by atoms with Crippen LogP contribution in [0.25, 0.3) is 10.8 Å². The summed E-state index contributed by atoms with van der Waals surface area (Å²) in [5.74, 6) is 0.886. The van der Waals surface area contributed by atoms with Crippen LogP contribution >= 0.6 is 15.9 Å². The predicted molar refractivity (Wildman–Crippen MR) is 75.9 cm³/mol. The maximum absolute atomic E-state index is 5.86. The fourth-order valence-corrected chi connectivity index (χ4v) is 2.60. The molecule has 0 aliphatic carbocycles. The van der Waals surface area contributed by atoms with Crippen molar-refractivity contribution in [1.82, 2.24) is 0 Å². The zero-order valence-corrected chi connectivity index (χ0v) is 11.7. The second-order valence-corrected chi connectivity index (χ2v) is 5.48. The molecular weight excluding hydrogens is 292 g/mol. The van der Waals surface area contributed by atoms with Gasteiger partial charge in [-0.25, -0.2) is 0 Å². The maximum atomic E-state index is 5.86. The Kier molecular flexibility index (Phi) is 3.52. The first-order valence-electron chi connectivity index (χ1n) is 6.29. The van der Waals surface area contributed by atoms with Gasteiger partial charge in [0.25, 0.3) is 0 Å². The third-order valence-corrected chi connectivity index (χ3v) is 3.67. The van der Waals surface area contributed by atoms with E-state index >= 15 is 0 Å². The molecule has 0 aromatic heterocycles. The van der Waals surface area contributed by atoms with Crippen LogP contribution in [0.5, 0.6) is 5.75 Å². The molecule has 2 nitrogen and oxygen atoms in total. The molecule has 1 aliphatic heterocycles. The molecule has 0 saturated carbocycles.